The van der Waals surface area contributed by atoms with Gasteiger partial charge in [0.05, 0.1) is 30.9 Å². The van der Waals surface area contributed by atoms with Gasteiger partial charge in [-0.15, -0.1) is 0 Å². The van der Waals surface area contributed by atoms with Crippen molar-refractivity contribution in [1.82, 2.24) is 5.32 Å². The molecule has 0 saturated carbocycles. The number of nitrogen functional groups attached to an aromatic ring is 1. The molecular formula is C14H21N3O4. The van der Waals surface area contributed by atoms with E-state index in [-0.39, 0.29) is 17.8 Å². The molecule has 1 rings (SSSR count). The van der Waals surface area contributed by atoms with Crippen LogP contribution in [0.2, 0.25) is 0 Å². The van der Waals surface area contributed by atoms with Gasteiger partial charge in [0.15, 0.2) is 0 Å². The third kappa shape index (κ3) is 3.77. The van der Waals surface area contributed by atoms with Crippen molar-refractivity contribution in [2.75, 3.05) is 26.5 Å². The van der Waals surface area contributed by atoms with E-state index < -0.39 is 17.2 Å². The molecule has 0 aliphatic heterocycles. The van der Waals surface area contributed by atoms with Crippen molar-refractivity contribution in [3.05, 3.63) is 17.7 Å². The predicted octanol–water partition coefficient (Wildman–Crippen LogP) is 0.527. The van der Waals surface area contributed by atoms with Crippen LogP contribution in [0.25, 0.3) is 0 Å². The van der Waals surface area contributed by atoms with E-state index in [1.165, 1.54) is 20.3 Å². The van der Waals surface area contributed by atoms with Gasteiger partial charge in [-0.05, 0) is 19.9 Å². The third-order valence-electron chi connectivity index (χ3n) is 3.17. The fraction of sp³-hybridized carbons (Fsp3) is 0.429. The standard InChI is InChI=1S/C14H21N3O4/c1-14(2,13(16)19)7-17-12(18)9-5-8(20-3)6-10(21-4)11(9)15/h5-6H,7,15H2,1-4H3,(H2,16,19)(H,17,18). The van der Waals surface area contributed by atoms with Gasteiger partial charge < -0.3 is 26.3 Å². The first kappa shape index (κ1) is 16.6. The van der Waals surface area contributed by atoms with Gasteiger partial charge in [0.25, 0.3) is 5.91 Å². The number of benzene rings is 1. The first-order valence-corrected chi connectivity index (χ1v) is 6.32. The van der Waals surface area contributed by atoms with Crippen LogP contribution in [-0.4, -0.2) is 32.6 Å². The summed E-state index contributed by atoms with van der Waals surface area (Å²) in [6.07, 6.45) is 0. The molecule has 7 heteroatoms. The zero-order valence-electron chi connectivity index (χ0n) is 12.6. The second kappa shape index (κ2) is 6.34. The van der Waals surface area contributed by atoms with E-state index in [9.17, 15) is 9.59 Å². The predicted molar refractivity (Wildman–Crippen MR) is 79.3 cm³/mol. The topological polar surface area (TPSA) is 117 Å². The van der Waals surface area contributed by atoms with Gasteiger partial charge in [-0.3, -0.25) is 9.59 Å². The van der Waals surface area contributed by atoms with E-state index in [1.54, 1.807) is 19.9 Å². The van der Waals surface area contributed by atoms with Crippen molar-refractivity contribution in [3.63, 3.8) is 0 Å². The van der Waals surface area contributed by atoms with E-state index in [0.29, 0.717) is 11.5 Å². The van der Waals surface area contributed by atoms with Crippen molar-refractivity contribution in [3.8, 4) is 11.5 Å². The number of rotatable bonds is 6. The van der Waals surface area contributed by atoms with E-state index in [1.807, 2.05) is 0 Å². The van der Waals surface area contributed by atoms with Crippen molar-refractivity contribution in [1.29, 1.82) is 0 Å². The van der Waals surface area contributed by atoms with Crippen LogP contribution in [-0.2, 0) is 4.79 Å². The van der Waals surface area contributed by atoms with E-state index in [0.717, 1.165) is 0 Å². The van der Waals surface area contributed by atoms with Crippen molar-refractivity contribution >= 4 is 17.5 Å². The highest BCUT2D eigenvalue weighted by Crippen LogP contribution is 2.31. The average molecular weight is 295 g/mol. The quantitative estimate of drug-likeness (QED) is 0.662. The molecule has 0 atom stereocenters. The minimum atomic E-state index is -0.854. The largest absolute Gasteiger partial charge is 0.497 e. The number of methoxy groups -OCH3 is 2. The molecule has 21 heavy (non-hydrogen) atoms. The Kier molecular flexibility index (Phi) is 5.02. The molecule has 0 saturated heterocycles. The molecule has 0 aromatic heterocycles. The summed E-state index contributed by atoms with van der Waals surface area (Å²) in [5, 5.41) is 2.63. The molecule has 1 aromatic carbocycles. The molecule has 7 nitrogen and oxygen atoms in total. The zero-order valence-corrected chi connectivity index (χ0v) is 12.6. The van der Waals surface area contributed by atoms with Gasteiger partial charge in [0.2, 0.25) is 5.91 Å². The first-order chi connectivity index (χ1) is 9.72. The number of carbonyl (C=O) groups excluding carboxylic acids is 2. The van der Waals surface area contributed by atoms with Crippen molar-refractivity contribution < 1.29 is 19.1 Å². The van der Waals surface area contributed by atoms with E-state index in [2.05, 4.69) is 5.32 Å². The van der Waals surface area contributed by atoms with Gasteiger partial charge in [-0.2, -0.15) is 0 Å². The molecule has 0 aliphatic rings. The Balaban J connectivity index is 3.00. The van der Waals surface area contributed by atoms with E-state index in [4.69, 9.17) is 20.9 Å². The SMILES string of the molecule is COc1cc(OC)c(N)c(C(=O)NCC(C)(C)C(N)=O)c1. The third-order valence-corrected chi connectivity index (χ3v) is 3.17. The molecule has 116 valence electrons. The Morgan fingerprint density at radius 2 is 1.86 bits per heavy atom. The van der Waals surface area contributed by atoms with Gasteiger partial charge in [0, 0.05) is 12.6 Å². The number of anilines is 1. The normalized spacial score (nSPS) is 10.9. The molecule has 0 heterocycles. The molecule has 0 bridgehead atoms. The van der Waals surface area contributed by atoms with Crippen LogP contribution < -0.4 is 26.3 Å². The van der Waals surface area contributed by atoms with Gasteiger partial charge in [0.1, 0.15) is 11.5 Å². The Morgan fingerprint density at radius 3 is 2.33 bits per heavy atom. The summed E-state index contributed by atoms with van der Waals surface area (Å²) in [5.41, 5.74) is 10.7. The number of hydrogen-bond acceptors (Lipinski definition) is 5. The van der Waals surface area contributed by atoms with Crippen LogP contribution >= 0.6 is 0 Å². The summed E-state index contributed by atoms with van der Waals surface area (Å²) >= 11 is 0. The summed E-state index contributed by atoms with van der Waals surface area (Å²) in [5.74, 6) is -0.146. The molecular weight excluding hydrogens is 274 g/mol. The minimum absolute atomic E-state index is 0.0974. The summed E-state index contributed by atoms with van der Waals surface area (Å²) in [4.78, 5) is 23.5. The molecule has 0 fully saturated rings. The van der Waals surface area contributed by atoms with Crippen LogP contribution in [0, 0.1) is 5.41 Å². The monoisotopic (exact) mass is 295 g/mol. The number of nitrogens with two attached hydrogens (primary N) is 2. The van der Waals surface area contributed by atoms with Gasteiger partial charge in [-0.1, -0.05) is 0 Å². The lowest BCUT2D eigenvalue weighted by atomic mass is 9.92. The Hall–Kier alpha value is -2.44. The fourth-order valence-electron chi connectivity index (χ4n) is 1.56. The summed E-state index contributed by atoms with van der Waals surface area (Å²) in [7, 11) is 2.92. The lowest BCUT2D eigenvalue weighted by Crippen LogP contribution is -2.42. The number of amides is 2. The van der Waals surface area contributed by atoms with Crippen molar-refractivity contribution in [2.24, 2.45) is 11.1 Å². The molecule has 5 N–H and O–H groups in total. The zero-order chi connectivity index (χ0) is 16.2. The Bertz CT molecular complexity index is 555. The number of nitrogens with one attached hydrogen (secondary N) is 1. The van der Waals surface area contributed by atoms with E-state index >= 15 is 0 Å². The molecule has 0 spiro atoms. The Morgan fingerprint density at radius 1 is 1.24 bits per heavy atom. The maximum absolute atomic E-state index is 12.2. The number of ether oxygens (including phenoxy) is 2. The lowest BCUT2D eigenvalue weighted by Gasteiger charge is -2.21. The van der Waals surface area contributed by atoms with Gasteiger partial charge in [-0.25, -0.2) is 0 Å². The Labute approximate surface area is 123 Å². The lowest BCUT2D eigenvalue weighted by molar-refractivity contribution is -0.125. The maximum atomic E-state index is 12.2. The summed E-state index contributed by atoms with van der Waals surface area (Å²) in [6.45, 7) is 3.39. The van der Waals surface area contributed by atoms with Crippen LogP contribution in [0.1, 0.15) is 24.2 Å². The minimum Gasteiger partial charge on any atom is -0.497 e. The fourth-order valence-corrected chi connectivity index (χ4v) is 1.56. The van der Waals surface area contributed by atoms with Crippen molar-refractivity contribution in [2.45, 2.75) is 13.8 Å². The molecule has 0 radical (unpaired) electrons. The average Bonchev–Trinajstić information content (AvgIpc) is 2.44. The van der Waals surface area contributed by atoms with Crippen LogP contribution in [0.4, 0.5) is 5.69 Å². The number of hydrogen-bond donors (Lipinski definition) is 3. The van der Waals surface area contributed by atoms with Crippen LogP contribution in [0.15, 0.2) is 12.1 Å². The maximum Gasteiger partial charge on any atom is 0.253 e. The summed E-state index contributed by atoms with van der Waals surface area (Å²) in [6, 6.07) is 3.09. The second-order valence-corrected chi connectivity index (χ2v) is 5.22. The molecule has 0 unspecified atom stereocenters. The molecule has 2 amide bonds. The van der Waals surface area contributed by atoms with Crippen LogP contribution in [0.5, 0.6) is 11.5 Å². The highest BCUT2D eigenvalue weighted by molar-refractivity contribution is 6.01. The molecule has 0 aliphatic carbocycles. The summed E-state index contributed by atoms with van der Waals surface area (Å²) < 4.78 is 10.2. The molecule has 1 aromatic rings. The highest BCUT2D eigenvalue weighted by Gasteiger charge is 2.26. The van der Waals surface area contributed by atoms with Gasteiger partial charge >= 0.3 is 0 Å². The highest BCUT2D eigenvalue weighted by atomic mass is 16.5. The number of primary amides is 1. The smallest absolute Gasteiger partial charge is 0.253 e. The van der Waals surface area contributed by atoms with Crippen LogP contribution in [0.3, 0.4) is 0 Å². The second-order valence-electron chi connectivity index (χ2n) is 5.22. The number of carbonyl (C=O) groups is 2. The first-order valence-electron chi connectivity index (χ1n) is 6.32.